The summed E-state index contributed by atoms with van der Waals surface area (Å²) in [6.07, 6.45) is 5.90. The predicted octanol–water partition coefficient (Wildman–Crippen LogP) is 4.79. The number of rotatable bonds is 7. The fourth-order valence-corrected chi connectivity index (χ4v) is 4.25. The summed E-state index contributed by atoms with van der Waals surface area (Å²) in [4.78, 5) is 16.8. The third-order valence-corrected chi connectivity index (χ3v) is 6.17. The number of nitrogens with zero attached hydrogens (tertiary/aromatic N) is 2. The molecule has 30 heavy (non-hydrogen) atoms. The quantitative estimate of drug-likeness (QED) is 0.622. The van der Waals surface area contributed by atoms with Gasteiger partial charge in [-0.2, -0.15) is 0 Å². The molecule has 0 bridgehead atoms. The van der Waals surface area contributed by atoms with Crippen LogP contribution < -0.4 is 4.90 Å². The van der Waals surface area contributed by atoms with Crippen LogP contribution in [0.2, 0.25) is 0 Å². The minimum absolute atomic E-state index is 0.114. The third kappa shape index (κ3) is 4.93. The van der Waals surface area contributed by atoms with Crippen LogP contribution in [0.1, 0.15) is 48.2 Å². The highest BCUT2D eigenvalue weighted by molar-refractivity contribution is 5.94. The highest BCUT2D eigenvalue weighted by atomic mass is 16.6. The predicted molar refractivity (Wildman–Crippen MR) is 123 cm³/mol. The molecule has 0 aromatic heterocycles. The molecule has 0 N–H and O–H groups in total. The van der Waals surface area contributed by atoms with E-state index in [-0.39, 0.29) is 5.91 Å². The van der Waals surface area contributed by atoms with Gasteiger partial charge < -0.3 is 14.5 Å². The molecule has 1 atom stereocenters. The maximum Gasteiger partial charge on any atom is 0.253 e. The lowest BCUT2D eigenvalue weighted by atomic mass is 9.98. The van der Waals surface area contributed by atoms with Gasteiger partial charge in [0, 0.05) is 43.9 Å². The topological polar surface area (TPSA) is 36.1 Å². The number of piperidine rings is 1. The molecule has 0 radical (unpaired) electrons. The number of para-hydroxylation sites is 1. The van der Waals surface area contributed by atoms with Crippen molar-refractivity contribution in [3.05, 3.63) is 70.8 Å². The van der Waals surface area contributed by atoms with Gasteiger partial charge in [-0.05, 0) is 56.0 Å². The summed E-state index contributed by atoms with van der Waals surface area (Å²) in [5.41, 5.74) is 6.21. The fourth-order valence-electron chi connectivity index (χ4n) is 4.25. The normalized spacial score (nSPS) is 18.3. The van der Waals surface area contributed by atoms with E-state index >= 15 is 0 Å². The van der Waals surface area contributed by atoms with E-state index in [4.69, 9.17) is 4.74 Å². The Morgan fingerprint density at radius 1 is 1.07 bits per heavy atom. The summed E-state index contributed by atoms with van der Waals surface area (Å²) in [7, 11) is 0. The molecule has 0 aliphatic carbocycles. The lowest BCUT2D eigenvalue weighted by Crippen LogP contribution is -2.31. The number of ether oxygens (including phenoxy) is 1. The zero-order valence-corrected chi connectivity index (χ0v) is 18.1. The molecule has 1 amide bonds. The monoisotopic (exact) mass is 404 g/mol. The van der Waals surface area contributed by atoms with E-state index in [0.29, 0.717) is 6.10 Å². The number of carbonyl (C=O) groups excluding carboxylic acids is 1. The first-order valence-electron chi connectivity index (χ1n) is 11.2. The molecular formula is C26H32N2O2. The SMILES string of the molecule is CCN(CC)C(=O)c1ccc(C=C2CCN(c3ccccc3CC3CO3)CC2)cc1. The highest BCUT2D eigenvalue weighted by Crippen LogP contribution is 2.29. The molecule has 4 rings (SSSR count). The van der Waals surface area contributed by atoms with E-state index in [1.165, 1.54) is 22.4 Å². The average Bonchev–Trinajstić information content (AvgIpc) is 3.60. The summed E-state index contributed by atoms with van der Waals surface area (Å²) < 4.78 is 5.44. The van der Waals surface area contributed by atoms with Crippen molar-refractivity contribution in [3.63, 3.8) is 0 Å². The van der Waals surface area contributed by atoms with Crippen LogP contribution >= 0.6 is 0 Å². The number of anilines is 1. The minimum atomic E-state index is 0.114. The Labute approximate surface area is 180 Å². The molecule has 2 aliphatic rings. The van der Waals surface area contributed by atoms with Crippen molar-refractivity contribution in [1.82, 2.24) is 4.90 Å². The lowest BCUT2D eigenvalue weighted by molar-refractivity contribution is 0.0773. The van der Waals surface area contributed by atoms with Crippen LogP contribution in [0.5, 0.6) is 0 Å². The second-order valence-corrected chi connectivity index (χ2v) is 8.18. The number of hydrogen-bond acceptors (Lipinski definition) is 3. The van der Waals surface area contributed by atoms with Gasteiger partial charge in [-0.1, -0.05) is 42.0 Å². The van der Waals surface area contributed by atoms with Crippen LogP contribution in [0.4, 0.5) is 5.69 Å². The van der Waals surface area contributed by atoms with Gasteiger partial charge in [-0.15, -0.1) is 0 Å². The second kappa shape index (κ2) is 9.48. The van der Waals surface area contributed by atoms with Crippen molar-refractivity contribution in [2.24, 2.45) is 0 Å². The molecule has 158 valence electrons. The van der Waals surface area contributed by atoms with Gasteiger partial charge in [0.2, 0.25) is 0 Å². The van der Waals surface area contributed by atoms with E-state index in [1.54, 1.807) is 0 Å². The number of hydrogen-bond donors (Lipinski definition) is 0. The van der Waals surface area contributed by atoms with E-state index in [1.807, 2.05) is 30.9 Å². The molecule has 2 aromatic carbocycles. The van der Waals surface area contributed by atoms with Crippen molar-refractivity contribution in [2.45, 2.75) is 39.2 Å². The number of carbonyl (C=O) groups is 1. The van der Waals surface area contributed by atoms with Crippen molar-refractivity contribution < 1.29 is 9.53 Å². The van der Waals surface area contributed by atoms with E-state index in [9.17, 15) is 4.79 Å². The molecule has 4 heteroatoms. The summed E-state index contributed by atoms with van der Waals surface area (Å²) in [6, 6.07) is 16.8. The van der Waals surface area contributed by atoms with Crippen LogP contribution in [0.3, 0.4) is 0 Å². The Morgan fingerprint density at radius 3 is 2.37 bits per heavy atom. The van der Waals surface area contributed by atoms with Gasteiger partial charge in [0.1, 0.15) is 0 Å². The molecule has 2 saturated heterocycles. The van der Waals surface area contributed by atoms with Crippen LogP contribution in [-0.2, 0) is 11.2 Å². The Balaban J connectivity index is 1.38. The van der Waals surface area contributed by atoms with Crippen molar-refractivity contribution >= 4 is 17.7 Å². The van der Waals surface area contributed by atoms with Gasteiger partial charge in [-0.3, -0.25) is 4.79 Å². The summed E-state index contributed by atoms with van der Waals surface area (Å²) in [5.74, 6) is 0.114. The summed E-state index contributed by atoms with van der Waals surface area (Å²) >= 11 is 0. The smallest absolute Gasteiger partial charge is 0.253 e. The zero-order valence-electron chi connectivity index (χ0n) is 18.1. The molecular weight excluding hydrogens is 372 g/mol. The van der Waals surface area contributed by atoms with E-state index < -0.39 is 0 Å². The van der Waals surface area contributed by atoms with Crippen molar-refractivity contribution in [1.29, 1.82) is 0 Å². The van der Waals surface area contributed by atoms with Gasteiger partial charge in [0.25, 0.3) is 5.91 Å². The zero-order chi connectivity index (χ0) is 20.9. The standard InChI is InChI=1S/C26H32N2O2/c1-3-27(4-2)26(29)22-11-9-20(10-12-22)17-21-13-15-28(16-14-21)25-8-6-5-7-23(25)18-24-19-30-24/h5-12,17,24H,3-4,13-16,18-19H2,1-2H3. The molecule has 2 heterocycles. The molecule has 0 spiro atoms. The Morgan fingerprint density at radius 2 is 1.73 bits per heavy atom. The summed E-state index contributed by atoms with van der Waals surface area (Å²) in [5, 5.41) is 0. The molecule has 1 unspecified atom stereocenters. The van der Waals surface area contributed by atoms with Gasteiger partial charge in [0.15, 0.2) is 0 Å². The van der Waals surface area contributed by atoms with Gasteiger partial charge >= 0.3 is 0 Å². The molecule has 0 saturated carbocycles. The number of amides is 1. The molecule has 2 aliphatic heterocycles. The molecule has 2 aromatic rings. The van der Waals surface area contributed by atoms with E-state index in [2.05, 4.69) is 47.4 Å². The Kier molecular flexibility index (Phi) is 6.53. The maximum atomic E-state index is 12.5. The Hall–Kier alpha value is -2.59. The van der Waals surface area contributed by atoms with Crippen molar-refractivity contribution in [3.8, 4) is 0 Å². The van der Waals surface area contributed by atoms with Gasteiger partial charge in [0.05, 0.1) is 12.7 Å². The Bertz CT molecular complexity index is 886. The summed E-state index contributed by atoms with van der Waals surface area (Å²) in [6.45, 7) is 8.53. The molecule has 2 fully saturated rings. The van der Waals surface area contributed by atoms with Crippen LogP contribution in [0.25, 0.3) is 6.08 Å². The molecule has 4 nitrogen and oxygen atoms in total. The van der Waals surface area contributed by atoms with Crippen LogP contribution in [0, 0.1) is 0 Å². The third-order valence-electron chi connectivity index (χ3n) is 6.17. The van der Waals surface area contributed by atoms with Crippen molar-refractivity contribution in [2.75, 3.05) is 37.7 Å². The number of epoxide rings is 1. The van der Waals surface area contributed by atoms with E-state index in [0.717, 1.165) is 57.6 Å². The number of benzene rings is 2. The van der Waals surface area contributed by atoms with Crippen LogP contribution in [-0.4, -0.2) is 49.7 Å². The maximum absolute atomic E-state index is 12.5. The first-order chi connectivity index (χ1) is 14.7. The van der Waals surface area contributed by atoms with Crippen LogP contribution in [0.15, 0.2) is 54.1 Å². The highest BCUT2D eigenvalue weighted by Gasteiger charge is 2.25. The minimum Gasteiger partial charge on any atom is -0.373 e. The average molecular weight is 405 g/mol. The second-order valence-electron chi connectivity index (χ2n) is 8.18. The largest absolute Gasteiger partial charge is 0.373 e. The fraction of sp³-hybridized carbons (Fsp3) is 0.423. The first-order valence-corrected chi connectivity index (χ1v) is 11.2. The first kappa shape index (κ1) is 20.7. The lowest BCUT2D eigenvalue weighted by Gasteiger charge is -2.32. The van der Waals surface area contributed by atoms with Gasteiger partial charge in [-0.25, -0.2) is 0 Å².